The first kappa shape index (κ1) is 13.2. The van der Waals surface area contributed by atoms with E-state index in [4.69, 9.17) is 9.47 Å². The van der Waals surface area contributed by atoms with Crippen molar-refractivity contribution in [1.29, 1.82) is 0 Å². The fraction of sp³-hybridized carbons (Fsp3) is 0.562. The number of rotatable bonds is 5. The van der Waals surface area contributed by atoms with Gasteiger partial charge in [-0.15, -0.1) is 0 Å². The highest BCUT2D eigenvalue weighted by Crippen LogP contribution is 2.45. The van der Waals surface area contributed by atoms with Gasteiger partial charge in [0.25, 0.3) is 0 Å². The number of hydrogen-bond acceptors (Lipinski definition) is 4. The molecular formula is C16H19NO3. The number of ether oxygens (including phenoxy) is 2. The van der Waals surface area contributed by atoms with E-state index in [2.05, 4.69) is 4.99 Å². The molecule has 3 rings (SSSR count). The van der Waals surface area contributed by atoms with Crippen molar-refractivity contribution in [2.45, 2.75) is 50.2 Å². The highest BCUT2D eigenvalue weighted by Gasteiger charge is 2.39. The van der Waals surface area contributed by atoms with E-state index in [1.54, 1.807) is 13.2 Å². The number of benzene rings is 1. The monoisotopic (exact) mass is 273 g/mol. The molecule has 0 bridgehead atoms. The molecule has 0 heterocycles. The predicted molar refractivity (Wildman–Crippen MR) is 75.1 cm³/mol. The summed E-state index contributed by atoms with van der Waals surface area (Å²) in [6.45, 7) is 0. The van der Waals surface area contributed by atoms with Gasteiger partial charge in [-0.2, -0.15) is 0 Å². The van der Waals surface area contributed by atoms with Crippen molar-refractivity contribution in [2.24, 2.45) is 4.99 Å². The molecular weight excluding hydrogens is 254 g/mol. The van der Waals surface area contributed by atoms with E-state index < -0.39 is 0 Å². The lowest BCUT2D eigenvalue weighted by molar-refractivity contribution is 0.200. The smallest absolute Gasteiger partial charge is 0.235 e. The fourth-order valence-corrected chi connectivity index (χ4v) is 2.95. The maximum absolute atomic E-state index is 10.3. The van der Waals surface area contributed by atoms with Crippen LogP contribution >= 0.6 is 0 Å². The Kier molecular flexibility index (Phi) is 3.75. The van der Waals surface area contributed by atoms with Gasteiger partial charge in [-0.25, -0.2) is 9.79 Å². The SMILES string of the molecule is COc1ccc(C2CC2N=C=O)cc1OC1CCCC1. The first-order chi connectivity index (χ1) is 9.81. The normalized spacial score (nSPS) is 25.1. The summed E-state index contributed by atoms with van der Waals surface area (Å²) < 4.78 is 11.5. The van der Waals surface area contributed by atoms with Crippen LogP contribution in [0.2, 0.25) is 0 Å². The van der Waals surface area contributed by atoms with Gasteiger partial charge in [-0.3, -0.25) is 0 Å². The third kappa shape index (κ3) is 2.70. The van der Waals surface area contributed by atoms with E-state index in [1.807, 2.05) is 18.2 Å². The maximum Gasteiger partial charge on any atom is 0.235 e. The summed E-state index contributed by atoms with van der Waals surface area (Å²) in [6, 6.07) is 6.12. The molecule has 0 N–H and O–H groups in total. The standard InChI is InChI=1S/C16H19NO3/c1-19-15-7-6-11(13-9-14(13)17-10-18)8-16(15)20-12-4-2-3-5-12/h6-8,12-14H,2-5,9H2,1H3. The molecule has 4 nitrogen and oxygen atoms in total. The van der Waals surface area contributed by atoms with Gasteiger partial charge in [0.05, 0.1) is 19.3 Å². The predicted octanol–water partition coefficient (Wildman–Crippen LogP) is 3.21. The van der Waals surface area contributed by atoms with Gasteiger partial charge >= 0.3 is 0 Å². The molecule has 4 heteroatoms. The summed E-state index contributed by atoms with van der Waals surface area (Å²) in [5.74, 6) is 1.92. The zero-order valence-corrected chi connectivity index (χ0v) is 11.7. The highest BCUT2D eigenvalue weighted by molar-refractivity contribution is 5.46. The van der Waals surface area contributed by atoms with Gasteiger partial charge in [0.1, 0.15) is 0 Å². The van der Waals surface area contributed by atoms with Crippen molar-refractivity contribution in [3.8, 4) is 11.5 Å². The third-order valence-electron chi connectivity index (χ3n) is 4.19. The zero-order valence-electron chi connectivity index (χ0n) is 11.7. The molecule has 2 aliphatic carbocycles. The lowest BCUT2D eigenvalue weighted by Gasteiger charge is -2.16. The number of isocyanates is 1. The van der Waals surface area contributed by atoms with Gasteiger partial charge in [-0.1, -0.05) is 6.07 Å². The van der Waals surface area contributed by atoms with Crippen molar-refractivity contribution in [3.05, 3.63) is 23.8 Å². The molecule has 2 unspecified atom stereocenters. The van der Waals surface area contributed by atoms with E-state index in [-0.39, 0.29) is 6.04 Å². The van der Waals surface area contributed by atoms with Crippen molar-refractivity contribution in [1.82, 2.24) is 0 Å². The number of carbonyl (C=O) groups excluding carboxylic acids is 1. The Balaban J connectivity index is 1.78. The Morgan fingerprint density at radius 1 is 1.25 bits per heavy atom. The number of aliphatic imine (C=N–C) groups is 1. The second-order valence-corrected chi connectivity index (χ2v) is 5.56. The average molecular weight is 273 g/mol. The highest BCUT2D eigenvalue weighted by atomic mass is 16.5. The van der Waals surface area contributed by atoms with Crippen molar-refractivity contribution < 1.29 is 14.3 Å². The Hall–Kier alpha value is -1.80. The van der Waals surface area contributed by atoms with E-state index >= 15 is 0 Å². The summed E-state index contributed by atoms with van der Waals surface area (Å²) in [5.41, 5.74) is 1.17. The summed E-state index contributed by atoms with van der Waals surface area (Å²) in [6.07, 6.45) is 7.60. The molecule has 2 fully saturated rings. The van der Waals surface area contributed by atoms with Crippen LogP contribution in [0.15, 0.2) is 23.2 Å². The zero-order chi connectivity index (χ0) is 13.9. The van der Waals surface area contributed by atoms with E-state index in [9.17, 15) is 4.79 Å². The molecule has 1 aromatic carbocycles. The van der Waals surface area contributed by atoms with E-state index in [0.29, 0.717) is 12.0 Å². The van der Waals surface area contributed by atoms with Gasteiger partial charge in [-0.05, 0) is 49.8 Å². The van der Waals surface area contributed by atoms with Crippen molar-refractivity contribution >= 4 is 6.08 Å². The van der Waals surface area contributed by atoms with Crippen molar-refractivity contribution in [2.75, 3.05) is 7.11 Å². The molecule has 0 aliphatic heterocycles. The molecule has 0 aromatic heterocycles. The van der Waals surface area contributed by atoms with Crippen LogP contribution in [-0.4, -0.2) is 25.3 Å². The average Bonchev–Trinajstić information content (AvgIpc) is 3.04. The summed E-state index contributed by atoms with van der Waals surface area (Å²) in [4.78, 5) is 14.1. The first-order valence-corrected chi connectivity index (χ1v) is 7.23. The summed E-state index contributed by atoms with van der Waals surface area (Å²) >= 11 is 0. The molecule has 1 aromatic rings. The number of methoxy groups -OCH3 is 1. The summed E-state index contributed by atoms with van der Waals surface area (Å²) in [7, 11) is 1.66. The van der Waals surface area contributed by atoms with Crippen LogP contribution in [0.3, 0.4) is 0 Å². The Morgan fingerprint density at radius 2 is 2.05 bits per heavy atom. The minimum atomic E-state index is 0.0974. The fourth-order valence-electron chi connectivity index (χ4n) is 2.95. The van der Waals surface area contributed by atoms with Crippen LogP contribution < -0.4 is 9.47 Å². The first-order valence-electron chi connectivity index (χ1n) is 7.23. The maximum atomic E-state index is 10.3. The molecule has 0 radical (unpaired) electrons. The second-order valence-electron chi connectivity index (χ2n) is 5.56. The molecule has 2 aliphatic rings. The van der Waals surface area contributed by atoms with Crippen LogP contribution in [0.25, 0.3) is 0 Å². The van der Waals surface area contributed by atoms with Crippen LogP contribution in [0.5, 0.6) is 11.5 Å². The quantitative estimate of drug-likeness (QED) is 0.611. The van der Waals surface area contributed by atoms with Crippen LogP contribution in [0.1, 0.15) is 43.6 Å². The minimum Gasteiger partial charge on any atom is -0.493 e. The van der Waals surface area contributed by atoms with Crippen LogP contribution in [0, 0.1) is 0 Å². The Labute approximate surface area is 118 Å². The van der Waals surface area contributed by atoms with Gasteiger partial charge in [0, 0.05) is 5.92 Å². The molecule has 0 spiro atoms. The number of nitrogens with zero attached hydrogens (tertiary/aromatic N) is 1. The van der Waals surface area contributed by atoms with Crippen molar-refractivity contribution in [3.63, 3.8) is 0 Å². The molecule has 106 valence electrons. The number of hydrogen-bond donors (Lipinski definition) is 0. The Morgan fingerprint density at radius 3 is 2.75 bits per heavy atom. The third-order valence-corrected chi connectivity index (χ3v) is 4.19. The topological polar surface area (TPSA) is 47.9 Å². The largest absolute Gasteiger partial charge is 0.493 e. The lowest BCUT2D eigenvalue weighted by atomic mass is 10.1. The molecule has 2 atom stereocenters. The van der Waals surface area contributed by atoms with Gasteiger partial charge < -0.3 is 9.47 Å². The van der Waals surface area contributed by atoms with Gasteiger partial charge in [0.2, 0.25) is 6.08 Å². The van der Waals surface area contributed by atoms with Gasteiger partial charge in [0.15, 0.2) is 11.5 Å². The lowest BCUT2D eigenvalue weighted by Crippen LogP contribution is -2.11. The minimum absolute atomic E-state index is 0.0974. The van der Waals surface area contributed by atoms with Crippen LogP contribution in [0.4, 0.5) is 0 Å². The Bertz CT molecular complexity index is 531. The van der Waals surface area contributed by atoms with Crippen LogP contribution in [-0.2, 0) is 4.79 Å². The summed E-state index contributed by atoms with van der Waals surface area (Å²) in [5, 5.41) is 0. The molecule has 2 saturated carbocycles. The van der Waals surface area contributed by atoms with E-state index in [0.717, 1.165) is 30.8 Å². The molecule has 20 heavy (non-hydrogen) atoms. The second kappa shape index (κ2) is 5.68. The molecule has 0 amide bonds. The van der Waals surface area contributed by atoms with E-state index in [1.165, 1.54) is 18.4 Å². The molecule has 0 saturated heterocycles.